The van der Waals surface area contributed by atoms with Crippen LogP contribution < -0.4 is 0 Å². The van der Waals surface area contributed by atoms with Crippen LogP contribution in [-0.2, 0) is 18.9 Å². The molecule has 0 aliphatic rings. The number of halogens is 1. The first-order chi connectivity index (χ1) is 8.70. The molecule has 0 spiro atoms. The molecule has 0 radical (unpaired) electrons. The van der Waals surface area contributed by atoms with Crippen molar-refractivity contribution in [1.82, 2.24) is 4.90 Å². The molecule has 110 valence electrons. The van der Waals surface area contributed by atoms with Crippen LogP contribution in [0.2, 0.25) is 0 Å². The Morgan fingerprint density at radius 1 is 0.944 bits per heavy atom. The fraction of sp³-hybridized carbons (Fsp3) is 1.00. The Kier molecular flexibility index (Phi) is 13.9. The first kappa shape index (κ1) is 18.3. The topological polar surface area (TPSA) is 40.2 Å². The summed E-state index contributed by atoms with van der Waals surface area (Å²) >= 11 is 3.56. The van der Waals surface area contributed by atoms with Crippen LogP contribution in [0.15, 0.2) is 0 Å². The SMILES string of the molecule is COCCOCCOCCN(C)CC(Br)COC. The second kappa shape index (κ2) is 13.7. The van der Waals surface area contributed by atoms with Crippen molar-refractivity contribution in [2.45, 2.75) is 4.83 Å². The van der Waals surface area contributed by atoms with Crippen molar-refractivity contribution in [2.24, 2.45) is 0 Å². The third kappa shape index (κ3) is 12.7. The van der Waals surface area contributed by atoms with Gasteiger partial charge in [0.25, 0.3) is 0 Å². The summed E-state index contributed by atoms with van der Waals surface area (Å²) in [5.74, 6) is 0. The van der Waals surface area contributed by atoms with Crippen LogP contribution in [0.3, 0.4) is 0 Å². The van der Waals surface area contributed by atoms with E-state index in [4.69, 9.17) is 18.9 Å². The lowest BCUT2D eigenvalue weighted by Crippen LogP contribution is -2.31. The minimum Gasteiger partial charge on any atom is -0.383 e. The van der Waals surface area contributed by atoms with Gasteiger partial charge in [-0.2, -0.15) is 0 Å². The Balaban J connectivity index is 3.22. The van der Waals surface area contributed by atoms with E-state index in [1.54, 1.807) is 14.2 Å². The monoisotopic (exact) mass is 327 g/mol. The van der Waals surface area contributed by atoms with E-state index in [0.717, 1.165) is 26.3 Å². The largest absolute Gasteiger partial charge is 0.383 e. The molecule has 0 aromatic rings. The molecule has 0 aliphatic carbocycles. The summed E-state index contributed by atoms with van der Waals surface area (Å²) in [5.41, 5.74) is 0. The van der Waals surface area contributed by atoms with Gasteiger partial charge in [-0.15, -0.1) is 0 Å². The van der Waals surface area contributed by atoms with Gasteiger partial charge in [-0.3, -0.25) is 0 Å². The summed E-state index contributed by atoms with van der Waals surface area (Å²) in [7, 11) is 5.44. The third-order valence-electron chi connectivity index (χ3n) is 2.28. The predicted octanol–water partition coefficient (Wildman–Crippen LogP) is 1.01. The van der Waals surface area contributed by atoms with Gasteiger partial charge in [0.15, 0.2) is 0 Å². The maximum Gasteiger partial charge on any atom is 0.0701 e. The first-order valence-corrected chi connectivity index (χ1v) is 7.08. The summed E-state index contributed by atoms with van der Waals surface area (Å²) in [6.45, 7) is 5.81. The second-order valence-corrected chi connectivity index (χ2v) is 5.33. The van der Waals surface area contributed by atoms with Gasteiger partial charge in [-0.05, 0) is 7.05 Å². The van der Waals surface area contributed by atoms with Crippen LogP contribution in [0.4, 0.5) is 0 Å². The van der Waals surface area contributed by atoms with Gasteiger partial charge >= 0.3 is 0 Å². The Labute approximate surface area is 119 Å². The number of rotatable bonds is 13. The zero-order valence-corrected chi connectivity index (χ0v) is 13.3. The average molecular weight is 328 g/mol. The summed E-state index contributed by atoms with van der Waals surface area (Å²) in [6.07, 6.45) is 0. The van der Waals surface area contributed by atoms with Crippen molar-refractivity contribution in [3.63, 3.8) is 0 Å². The number of hydrogen-bond acceptors (Lipinski definition) is 5. The predicted molar refractivity (Wildman–Crippen MR) is 75.6 cm³/mol. The highest BCUT2D eigenvalue weighted by molar-refractivity contribution is 9.09. The van der Waals surface area contributed by atoms with E-state index < -0.39 is 0 Å². The molecule has 0 aliphatic heterocycles. The minimum absolute atomic E-state index is 0.366. The number of likely N-dealkylation sites (N-methyl/N-ethyl adjacent to an activating group) is 1. The van der Waals surface area contributed by atoms with E-state index in [0.29, 0.717) is 31.3 Å². The lowest BCUT2D eigenvalue weighted by Gasteiger charge is -2.19. The van der Waals surface area contributed by atoms with Gasteiger partial charge in [0.05, 0.1) is 44.5 Å². The summed E-state index contributed by atoms with van der Waals surface area (Å²) in [6, 6.07) is 0. The van der Waals surface area contributed by atoms with Crippen LogP contribution in [0.1, 0.15) is 0 Å². The maximum atomic E-state index is 5.47. The Hall–Kier alpha value is 0.280. The molecule has 0 rings (SSSR count). The van der Waals surface area contributed by atoms with E-state index in [2.05, 4.69) is 27.9 Å². The smallest absolute Gasteiger partial charge is 0.0701 e. The van der Waals surface area contributed by atoms with E-state index in [9.17, 15) is 0 Å². The Bertz CT molecular complexity index is 174. The van der Waals surface area contributed by atoms with Gasteiger partial charge in [-0.1, -0.05) is 15.9 Å². The number of methoxy groups -OCH3 is 2. The normalized spacial score (nSPS) is 13.2. The zero-order valence-electron chi connectivity index (χ0n) is 11.7. The molecule has 1 atom stereocenters. The molecule has 0 fully saturated rings. The molecule has 0 saturated heterocycles. The molecular formula is C12H26BrNO4. The molecule has 0 aromatic carbocycles. The fourth-order valence-corrected chi connectivity index (χ4v) is 2.11. The highest BCUT2D eigenvalue weighted by Crippen LogP contribution is 2.01. The molecule has 18 heavy (non-hydrogen) atoms. The van der Waals surface area contributed by atoms with Gasteiger partial charge in [0.2, 0.25) is 0 Å². The van der Waals surface area contributed by atoms with Gasteiger partial charge in [0, 0.05) is 27.3 Å². The van der Waals surface area contributed by atoms with E-state index in [1.165, 1.54) is 0 Å². The maximum absolute atomic E-state index is 5.47. The Morgan fingerprint density at radius 2 is 1.56 bits per heavy atom. The fourth-order valence-electron chi connectivity index (χ4n) is 1.35. The molecule has 0 N–H and O–H groups in total. The number of alkyl halides is 1. The van der Waals surface area contributed by atoms with Crippen molar-refractivity contribution in [3.8, 4) is 0 Å². The molecule has 0 heterocycles. The average Bonchev–Trinajstić information content (AvgIpc) is 2.32. The molecular weight excluding hydrogens is 302 g/mol. The first-order valence-electron chi connectivity index (χ1n) is 6.16. The summed E-state index contributed by atoms with van der Waals surface area (Å²) in [5, 5.41) is 0. The molecule has 1 unspecified atom stereocenters. The number of nitrogens with zero attached hydrogens (tertiary/aromatic N) is 1. The quantitative estimate of drug-likeness (QED) is 0.373. The van der Waals surface area contributed by atoms with Crippen LogP contribution in [0.25, 0.3) is 0 Å². The van der Waals surface area contributed by atoms with Crippen molar-refractivity contribution in [2.75, 3.05) is 74.0 Å². The van der Waals surface area contributed by atoms with Gasteiger partial charge in [0.1, 0.15) is 0 Å². The standard InChI is InChI=1S/C12H26BrNO4/c1-14(10-12(13)11-16-3)4-5-17-8-9-18-7-6-15-2/h12H,4-11H2,1-3H3. The van der Waals surface area contributed by atoms with E-state index in [1.807, 2.05) is 0 Å². The number of ether oxygens (including phenoxy) is 4. The number of hydrogen-bond donors (Lipinski definition) is 0. The van der Waals surface area contributed by atoms with Crippen LogP contribution in [0, 0.1) is 0 Å². The van der Waals surface area contributed by atoms with Crippen molar-refractivity contribution < 1.29 is 18.9 Å². The second-order valence-electron chi connectivity index (χ2n) is 4.03. The molecule has 0 bridgehead atoms. The van der Waals surface area contributed by atoms with Crippen LogP contribution in [0.5, 0.6) is 0 Å². The molecule has 0 amide bonds. The van der Waals surface area contributed by atoms with Crippen LogP contribution >= 0.6 is 15.9 Å². The van der Waals surface area contributed by atoms with Crippen molar-refractivity contribution in [1.29, 1.82) is 0 Å². The highest BCUT2D eigenvalue weighted by atomic mass is 79.9. The van der Waals surface area contributed by atoms with Crippen molar-refractivity contribution in [3.05, 3.63) is 0 Å². The molecule has 0 aromatic heterocycles. The molecule has 0 saturated carbocycles. The van der Waals surface area contributed by atoms with E-state index in [-0.39, 0.29) is 0 Å². The highest BCUT2D eigenvalue weighted by Gasteiger charge is 2.07. The summed E-state index contributed by atoms with van der Waals surface area (Å²) < 4.78 is 20.7. The van der Waals surface area contributed by atoms with Crippen molar-refractivity contribution >= 4 is 15.9 Å². The van der Waals surface area contributed by atoms with Gasteiger partial charge in [-0.25, -0.2) is 0 Å². The molecule has 6 heteroatoms. The molecule has 5 nitrogen and oxygen atoms in total. The van der Waals surface area contributed by atoms with E-state index >= 15 is 0 Å². The van der Waals surface area contributed by atoms with Crippen LogP contribution in [-0.4, -0.2) is 83.7 Å². The zero-order chi connectivity index (χ0) is 13.6. The minimum atomic E-state index is 0.366. The third-order valence-corrected chi connectivity index (χ3v) is 2.83. The lowest BCUT2D eigenvalue weighted by atomic mass is 10.4. The summed E-state index contributed by atoms with van der Waals surface area (Å²) in [4.78, 5) is 2.58. The Morgan fingerprint density at radius 3 is 2.17 bits per heavy atom. The van der Waals surface area contributed by atoms with Gasteiger partial charge < -0.3 is 23.8 Å². The lowest BCUT2D eigenvalue weighted by molar-refractivity contribution is 0.0206.